The Balaban J connectivity index is 1.83. The van der Waals surface area contributed by atoms with Crippen LogP contribution in [-0.2, 0) is 6.54 Å². The molecule has 2 N–H and O–H groups in total. The molecule has 8 nitrogen and oxygen atoms in total. The predicted molar refractivity (Wildman–Crippen MR) is 109 cm³/mol. The maximum atomic E-state index is 12.8. The van der Waals surface area contributed by atoms with E-state index in [1.807, 2.05) is 19.9 Å². The Bertz CT molecular complexity index is 1040. The molecule has 0 atom stereocenters. The van der Waals surface area contributed by atoms with Gasteiger partial charge in [-0.15, -0.1) is 0 Å². The number of pyridine rings is 1. The molecule has 0 aliphatic carbocycles. The number of amides is 2. The Labute approximate surface area is 168 Å². The topological polar surface area (TPSA) is 94.0 Å². The smallest absolute Gasteiger partial charge is 0.287 e. The van der Waals surface area contributed by atoms with E-state index in [1.54, 1.807) is 55.1 Å². The number of imidazole rings is 1. The van der Waals surface area contributed by atoms with Crippen molar-refractivity contribution < 1.29 is 19.1 Å². The van der Waals surface area contributed by atoms with Crippen molar-refractivity contribution in [1.82, 2.24) is 20.0 Å². The number of hydrogen-bond donors (Lipinski definition) is 2. The largest absolute Gasteiger partial charge is 0.493 e. The number of methoxy groups -OCH3 is 2. The van der Waals surface area contributed by atoms with Gasteiger partial charge in [0.05, 0.1) is 19.7 Å². The van der Waals surface area contributed by atoms with Gasteiger partial charge in [-0.05, 0) is 43.7 Å². The lowest BCUT2D eigenvalue weighted by Crippen LogP contribution is -2.31. The molecule has 0 saturated carbocycles. The Morgan fingerprint density at radius 3 is 2.52 bits per heavy atom. The predicted octanol–water partition coefficient (Wildman–Crippen LogP) is 2.42. The average Bonchev–Trinajstić information content (AvgIpc) is 3.11. The van der Waals surface area contributed by atoms with Crippen molar-refractivity contribution in [2.45, 2.75) is 26.4 Å². The minimum absolute atomic E-state index is 0.0408. The summed E-state index contributed by atoms with van der Waals surface area (Å²) < 4.78 is 12.1. The Kier molecular flexibility index (Phi) is 6.01. The van der Waals surface area contributed by atoms with Crippen LogP contribution in [0.4, 0.5) is 0 Å². The second-order valence-electron chi connectivity index (χ2n) is 6.74. The summed E-state index contributed by atoms with van der Waals surface area (Å²) in [5.41, 5.74) is 1.60. The maximum absolute atomic E-state index is 12.8. The minimum atomic E-state index is -0.368. The molecule has 29 heavy (non-hydrogen) atoms. The number of ether oxygens (including phenoxy) is 2. The minimum Gasteiger partial charge on any atom is -0.493 e. The average molecular weight is 396 g/mol. The van der Waals surface area contributed by atoms with Gasteiger partial charge < -0.3 is 20.1 Å². The summed E-state index contributed by atoms with van der Waals surface area (Å²) >= 11 is 0. The van der Waals surface area contributed by atoms with Crippen LogP contribution in [0.2, 0.25) is 0 Å². The number of fused-ring (bicyclic) bond motifs is 1. The van der Waals surface area contributed by atoms with E-state index < -0.39 is 0 Å². The van der Waals surface area contributed by atoms with Crippen LogP contribution in [0.5, 0.6) is 11.5 Å². The number of rotatable bonds is 7. The van der Waals surface area contributed by atoms with Gasteiger partial charge in [-0.25, -0.2) is 4.98 Å². The number of aromatic nitrogens is 2. The Hall–Kier alpha value is -3.55. The molecule has 0 radical (unpaired) electrons. The fourth-order valence-corrected chi connectivity index (χ4v) is 2.95. The number of carbonyl (C=O) groups is 2. The van der Waals surface area contributed by atoms with Crippen LogP contribution >= 0.6 is 0 Å². The standard InChI is InChI=1S/C21H24N4O4/c1-13(2)23-21(27)19-24-18(15-7-5-6-10-25(15)19)20(26)22-12-14-8-9-16(28-3)17(11-14)29-4/h5-11,13H,12H2,1-4H3,(H,22,26)(H,23,27). The summed E-state index contributed by atoms with van der Waals surface area (Å²) in [5, 5.41) is 5.65. The fraction of sp³-hybridized carbons (Fsp3) is 0.286. The first-order valence-electron chi connectivity index (χ1n) is 9.21. The number of nitrogens with zero attached hydrogens (tertiary/aromatic N) is 2. The van der Waals surface area contributed by atoms with Crippen LogP contribution in [0.15, 0.2) is 42.6 Å². The maximum Gasteiger partial charge on any atom is 0.287 e. The van der Waals surface area contributed by atoms with E-state index in [0.717, 1.165) is 5.56 Å². The molecular formula is C21H24N4O4. The van der Waals surface area contributed by atoms with Gasteiger partial charge in [0.15, 0.2) is 17.2 Å². The van der Waals surface area contributed by atoms with Crippen LogP contribution in [-0.4, -0.2) is 41.5 Å². The molecule has 2 heterocycles. The Morgan fingerprint density at radius 1 is 1.07 bits per heavy atom. The monoisotopic (exact) mass is 396 g/mol. The number of benzene rings is 1. The van der Waals surface area contributed by atoms with E-state index in [4.69, 9.17) is 9.47 Å². The van der Waals surface area contributed by atoms with Gasteiger partial charge in [-0.2, -0.15) is 0 Å². The summed E-state index contributed by atoms with van der Waals surface area (Å²) in [6, 6.07) is 10.7. The zero-order valence-electron chi connectivity index (χ0n) is 16.9. The molecule has 2 amide bonds. The third kappa shape index (κ3) is 4.31. The molecule has 3 rings (SSSR count). The van der Waals surface area contributed by atoms with Gasteiger partial charge in [0.2, 0.25) is 5.82 Å². The molecule has 152 valence electrons. The van der Waals surface area contributed by atoms with Crippen molar-refractivity contribution in [3.63, 3.8) is 0 Å². The highest BCUT2D eigenvalue weighted by atomic mass is 16.5. The lowest BCUT2D eigenvalue weighted by atomic mass is 10.2. The first kappa shape index (κ1) is 20.2. The van der Waals surface area contributed by atoms with Crippen LogP contribution in [0.3, 0.4) is 0 Å². The van der Waals surface area contributed by atoms with Crippen LogP contribution in [0.1, 0.15) is 40.5 Å². The van der Waals surface area contributed by atoms with Gasteiger partial charge in [0.25, 0.3) is 11.8 Å². The highest BCUT2D eigenvalue weighted by molar-refractivity contribution is 6.02. The summed E-state index contributed by atoms with van der Waals surface area (Å²) in [6.07, 6.45) is 1.71. The molecule has 0 spiro atoms. The second-order valence-corrected chi connectivity index (χ2v) is 6.74. The lowest BCUT2D eigenvalue weighted by molar-refractivity contribution is 0.0932. The normalized spacial score (nSPS) is 10.8. The van der Waals surface area contributed by atoms with E-state index in [-0.39, 0.29) is 35.9 Å². The molecular weight excluding hydrogens is 372 g/mol. The molecule has 8 heteroatoms. The highest BCUT2D eigenvalue weighted by Crippen LogP contribution is 2.27. The van der Waals surface area contributed by atoms with Crippen molar-refractivity contribution in [2.24, 2.45) is 0 Å². The van der Waals surface area contributed by atoms with Gasteiger partial charge >= 0.3 is 0 Å². The fourth-order valence-electron chi connectivity index (χ4n) is 2.95. The van der Waals surface area contributed by atoms with Crippen molar-refractivity contribution in [3.8, 4) is 11.5 Å². The van der Waals surface area contributed by atoms with Crippen molar-refractivity contribution in [2.75, 3.05) is 14.2 Å². The van der Waals surface area contributed by atoms with E-state index >= 15 is 0 Å². The number of hydrogen-bond acceptors (Lipinski definition) is 5. The van der Waals surface area contributed by atoms with Gasteiger partial charge in [0.1, 0.15) is 0 Å². The first-order chi connectivity index (χ1) is 13.9. The molecule has 0 fully saturated rings. The van der Waals surface area contributed by atoms with Gasteiger partial charge in [-0.3, -0.25) is 14.0 Å². The molecule has 0 aliphatic heterocycles. The Morgan fingerprint density at radius 2 is 1.83 bits per heavy atom. The third-order valence-corrected chi connectivity index (χ3v) is 4.29. The summed E-state index contributed by atoms with van der Waals surface area (Å²) in [4.78, 5) is 29.6. The van der Waals surface area contributed by atoms with Gasteiger partial charge in [0, 0.05) is 18.8 Å². The quantitative estimate of drug-likeness (QED) is 0.640. The number of carbonyl (C=O) groups excluding carboxylic acids is 2. The third-order valence-electron chi connectivity index (χ3n) is 4.29. The van der Waals surface area contributed by atoms with Gasteiger partial charge in [-0.1, -0.05) is 12.1 Å². The summed E-state index contributed by atoms with van der Waals surface area (Å²) in [6.45, 7) is 4.01. The second kappa shape index (κ2) is 8.64. The van der Waals surface area contributed by atoms with E-state index in [1.165, 1.54) is 0 Å². The van der Waals surface area contributed by atoms with Crippen molar-refractivity contribution in [3.05, 3.63) is 59.7 Å². The molecule has 1 aromatic carbocycles. The van der Waals surface area contributed by atoms with Crippen molar-refractivity contribution in [1.29, 1.82) is 0 Å². The number of nitrogens with one attached hydrogen (secondary N) is 2. The zero-order chi connectivity index (χ0) is 21.0. The molecule has 0 bridgehead atoms. The molecule has 2 aromatic heterocycles. The van der Waals surface area contributed by atoms with Crippen LogP contribution < -0.4 is 20.1 Å². The van der Waals surface area contributed by atoms with E-state index in [9.17, 15) is 9.59 Å². The molecule has 3 aromatic rings. The summed E-state index contributed by atoms with van der Waals surface area (Å²) in [5.74, 6) is 0.667. The summed E-state index contributed by atoms with van der Waals surface area (Å²) in [7, 11) is 3.12. The highest BCUT2D eigenvalue weighted by Gasteiger charge is 2.21. The van der Waals surface area contributed by atoms with E-state index in [0.29, 0.717) is 17.0 Å². The zero-order valence-corrected chi connectivity index (χ0v) is 16.9. The molecule has 0 aliphatic rings. The van der Waals surface area contributed by atoms with E-state index in [2.05, 4.69) is 15.6 Å². The first-order valence-corrected chi connectivity index (χ1v) is 9.21. The van der Waals surface area contributed by atoms with Crippen LogP contribution in [0.25, 0.3) is 5.52 Å². The lowest BCUT2D eigenvalue weighted by Gasteiger charge is -2.10. The van der Waals surface area contributed by atoms with Crippen LogP contribution in [0, 0.1) is 0 Å². The molecule has 0 unspecified atom stereocenters. The molecule has 0 saturated heterocycles. The van der Waals surface area contributed by atoms with Crippen molar-refractivity contribution >= 4 is 17.3 Å². The SMILES string of the molecule is COc1ccc(CNC(=O)c2nc(C(=O)NC(C)C)n3ccccc23)cc1OC.